The zero-order chi connectivity index (χ0) is 17.6. The molecule has 6 heteroatoms. The summed E-state index contributed by atoms with van der Waals surface area (Å²) in [7, 11) is 0. The molecule has 3 heterocycles. The Morgan fingerprint density at radius 1 is 1.40 bits per heavy atom. The molecule has 6 nitrogen and oxygen atoms in total. The van der Waals surface area contributed by atoms with E-state index < -0.39 is 5.97 Å². The first kappa shape index (κ1) is 16.3. The summed E-state index contributed by atoms with van der Waals surface area (Å²) in [6.07, 6.45) is 10.1. The number of carbonyl (C=O) groups is 1. The SMILES string of the molecule is CCOC(=O)c1ccnc(-n2cc(C#N)c(C=Cc3ccco3)c2)c1. The second-order valence-corrected chi connectivity index (χ2v) is 5.12. The molecular weight excluding hydrogens is 318 g/mol. The van der Waals surface area contributed by atoms with E-state index in [0.717, 1.165) is 5.56 Å². The topological polar surface area (TPSA) is 81.0 Å². The average molecular weight is 333 g/mol. The number of furan rings is 1. The van der Waals surface area contributed by atoms with Crippen molar-refractivity contribution < 1.29 is 13.9 Å². The van der Waals surface area contributed by atoms with Crippen molar-refractivity contribution in [3.63, 3.8) is 0 Å². The number of ether oxygens (including phenoxy) is 1. The highest BCUT2D eigenvalue weighted by Crippen LogP contribution is 2.18. The van der Waals surface area contributed by atoms with Crippen molar-refractivity contribution in [3.8, 4) is 11.9 Å². The summed E-state index contributed by atoms with van der Waals surface area (Å²) in [5.74, 6) is 0.815. The van der Waals surface area contributed by atoms with E-state index in [1.165, 1.54) is 6.20 Å². The summed E-state index contributed by atoms with van der Waals surface area (Å²) in [5.41, 5.74) is 1.63. The summed E-state index contributed by atoms with van der Waals surface area (Å²) in [5, 5.41) is 9.33. The van der Waals surface area contributed by atoms with Gasteiger partial charge < -0.3 is 13.7 Å². The van der Waals surface area contributed by atoms with Crippen LogP contribution in [0.1, 0.15) is 34.2 Å². The fourth-order valence-corrected chi connectivity index (χ4v) is 2.29. The van der Waals surface area contributed by atoms with Crippen molar-refractivity contribution in [2.45, 2.75) is 6.92 Å². The number of rotatable bonds is 5. The summed E-state index contributed by atoms with van der Waals surface area (Å²) in [6.45, 7) is 2.06. The Hall–Kier alpha value is -3.59. The fraction of sp³-hybridized carbons (Fsp3) is 0.105. The molecular formula is C19H15N3O3. The number of hydrogen-bond acceptors (Lipinski definition) is 5. The molecule has 0 aliphatic carbocycles. The van der Waals surface area contributed by atoms with Crippen LogP contribution < -0.4 is 0 Å². The van der Waals surface area contributed by atoms with E-state index in [4.69, 9.17) is 9.15 Å². The minimum atomic E-state index is -0.406. The lowest BCUT2D eigenvalue weighted by molar-refractivity contribution is 0.0526. The predicted molar refractivity (Wildman–Crippen MR) is 91.9 cm³/mol. The van der Waals surface area contributed by atoms with Crippen molar-refractivity contribution in [1.29, 1.82) is 5.26 Å². The van der Waals surface area contributed by atoms with Gasteiger partial charge in [-0.25, -0.2) is 9.78 Å². The summed E-state index contributed by atoms with van der Waals surface area (Å²) in [4.78, 5) is 16.1. The van der Waals surface area contributed by atoms with Gasteiger partial charge in [0.2, 0.25) is 0 Å². The molecule has 0 atom stereocenters. The first-order valence-electron chi connectivity index (χ1n) is 7.68. The van der Waals surface area contributed by atoms with Crippen molar-refractivity contribution in [2.75, 3.05) is 6.61 Å². The maximum absolute atomic E-state index is 11.9. The van der Waals surface area contributed by atoms with E-state index in [0.29, 0.717) is 29.3 Å². The summed E-state index contributed by atoms with van der Waals surface area (Å²) in [6, 6.07) is 8.98. The van der Waals surface area contributed by atoms with Gasteiger partial charge >= 0.3 is 5.97 Å². The molecule has 0 N–H and O–H groups in total. The number of esters is 1. The van der Waals surface area contributed by atoms with E-state index in [1.807, 2.05) is 6.07 Å². The molecule has 0 saturated carbocycles. The van der Waals surface area contributed by atoms with Gasteiger partial charge in [0, 0.05) is 24.2 Å². The lowest BCUT2D eigenvalue weighted by atomic mass is 10.2. The molecule has 0 spiro atoms. The Labute approximate surface area is 144 Å². The normalized spacial score (nSPS) is 10.7. The molecule has 25 heavy (non-hydrogen) atoms. The van der Waals surface area contributed by atoms with E-state index in [-0.39, 0.29) is 0 Å². The molecule has 0 unspecified atom stereocenters. The van der Waals surface area contributed by atoms with Gasteiger partial charge in [-0.05, 0) is 43.3 Å². The Balaban J connectivity index is 1.92. The third-order valence-corrected chi connectivity index (χ3v) is 3.47. The van der Waals surface area contributed by atoms with Gasteiger partial charge in [-0.15, -0.1) is 0 Å². The number of nitrogens with zero attached hydrogens (tertiary/aromatic N) is 3. The van der Waals surface area contributed by atoms with Crippen LogP contribution in [0.3, 0.4) is 0 Å². The van der Waals surface area contributed by atoms with Crippen LogP contribution in [-0.2, 0) is 4.74 Å². The van der Waals surface area contributed by atoms with E-state index in [9.17, 15) is 10.1 Å². The third-order valence-electron chi connectivity index (χ3n) is 3.47. The van der Waals surface area contributed by atoms with Gasteiger partial charge in [-0.2, -0.15) is 5.26 Å². The zero-order valence-corrected chi connectivity index (χ0v) is 13.5. The maximum Gasteiger partial charge on any atom is 0.338 e. The molecule has 0 bridgehead atoms. The van der Waals surface area contributed by atoms with Gasteiger partial charge in [-0.1, -0.05) is 0 Å². The van der Waals surface area contributed by atoms with Gasteiger partial charge in [-0.3, -0.25) is 0 Å². The molecule has 0 radical (unpaired) electrons. The second kappa shape index (κ2) is 7.32. The van der Waals surface area contributed by atoms with Crippen LogP contribution >= 0.6 is 0 Å². The number of nitriles is 1. The summed E-state index contributed by atoms with van der Waals surface area (Å²) >= 11 is 0. The minimum Gasteiger partial charge on any atom is -0.465 e. The van der Waals surface area contributed by atoms with Crippen LogP contribution in [0.15, 0.2) is 53.5 Å². The van der Waals surface area contributed by atoms with Crippen molar-refractivity contribution in [1.82, 2.24) is 9.55 Å². The average Bonchev–Trinajstić information content (AvgIpc) is 3.29. The lowest BCUT2D eigenvalue weighted by Crippen LogP contribution is -2.06. The van der Waals surface area contributed by atoms with Crippen molar-refractivity contribution >= 4 is 18.1 Å². The molecule has 0 aliphatic rings. The first-order chi connectivity index (χ1) is 12.2. The van der Waals surface area contributed by atoms with E-state index >= 15 is 0 Å². The molecule has 0 saturated heterocycles. The van der Waals surface area contributed by atoms with Crippen LogP contribution in [-0.4, -0.2) is 22.1 Å². The monoisotopic (exact) mass is 333 g/mol. The largest absolute Gasteiger partial charge is 0.465 e. The predicted octanol–water partition coefficient (Wildman–Crippen LogP) is 3.68. The van der Waals surface area contributed by atoms with Crippen LogP contribution in [0.5, 0.6) is 0 Å². The van der Waals surface area contributed by atoms with Gasteiger partial charge in [0.25, 0.3) is 0 Å². The Morgan fingerprint density at radius 2 is 2.28 bits per heavy atom. The maximum atomic E-state index is 11.9. The quantitative estimate of drug-likeness (QED) is 0.665. The Morgan fingerprint density at radius 3 is 3.00 bits per heavy atom. The lowest BCUT2D eigenvalue weighted by Gasteiger charge is -2.05. The standard InChI is InChI=1S/C19H15N3O3/c1-2-24-19(23)14-7-8-21-18(10-14)22-12-15(16(11-20)13-22)5-6-17-4-3-9-25-17/h3-10,12-13H,2H2,1H3. The molecule has 3 aromatic heterocycles. The fourth-order valence-electron chi connectivity index (χ4n) is 2.29. The Bertz CT molecular complexity index is 947. The van der Waals surface area contributed by atoms with Gasteiger partial charge in [0.15, 0.2) is 0 Å². The van der Waals surface area contributed by atoms with Gasteiger partial charge in [0.05, 0.1) is 24.0 Å². The van der Waals surface area contributed by atoms with Gasteiger partial charge in [0.1, 0.15) is 17.6 Å². The highest BCUT2D eigenvalue weighted by Gasteiger charge is 2.10. The van der Waals surface area contributed by atoms with E-state index in [1.54, 1.807) is 60.5 Å². The molecule has 0 fully saturated rings. The van der Waals surface area contributed by atoms with Crippen LogP contribution in [0.4, 0.5) is 0 Å². The zero-order valence-electron chi connectivity index (χ0n) is 13.5. The van der Waals surface area contributed by atoms with E-state index in [2.05, 4.69) is 11.1 Å². The van der Waals surface area contributed by atoms with Crippen molar-refractivity contribution in [2.24, 2.45) is 0 Å². The van der Waals surface area contributed by atoms with Crippen molar-refractivity contribution in [3.05, 3.63) is 71.6 Å². The second-order valence-electron chi connectivity index (χ2n) is 5.12. The molecule has 0 aromatic carbocycles. The van der Waals surface area contributed by atoms with Crippen LogP contribution in [0.25, 0.3) is 18.0 Å². The number of hydrogen-bond donors (Lipinski definition) is 0. The number of aromatic nitrogens is 2. The first-order valence-corrected chi connectivity index (χ1v) is 7.68. The molecule has 124 valence electrons. The van der Waals surface area contributed by atoms with Crippen LogP contribution in [0, 0.1) is 11.3 Å². The number of pyridine rings is 1. The summed E-state index contributed by atoms with van der Waals surface area (Å²) < 4.78 is 11.9. The third kappa shape index (κ3) is 3.67. The molecule has 3 aromatic rings. The minimum absolute atomic E-state index is 0.306. The highest BCUT2D eigenvalue weighted by molar-refractivity contribution is 5.89. The molecule has 0 aliphatic heterocycles. The smallest absolute Gasteiger partial charge is 0.338 e. The molecule has 3 rings (SSSR count). The highest BCUT2D eigenvalue weighted by atomic mass is 16.5. The van der Waals surface area contributed by atoms with Crippen LogP contribution in [0.2, 0.25) is 0 Å². The molecule has 0 amide bonds. The Kier molecular flexibility index (Phi) is 4.77. The number of carbonyl (C=O) groups excluding carboxylic acids is 1.